The predicted molar refractivity (Wildman–Crippen MR) is 133 cm³/mol. The second-order valence-corrected chi connectivity index (χ2v) is 10.8. The Kier molecular flexibility index (Phi) is 7.87. The number of hydrogen-bond acceptors (Lipinski definition) is 2. The van der Waals surface area contributed by atoms with Crippen LogP contribution in [0.2, 0.25) is 0 Å². The number of unbranched alkanes of at least 4 members (excludes halogenated alkanes) is 1. The molecule has 32 heavy (non-hydrogen) atoms. The topological polar surface area (TPSA) is 43.3 Å². The third kappa shape index (κ3) is 5.83. The van der Waals surface area contributed by atoms with E-state index in [1.807, 2.05) is 0 Å². The van der Waals surface area contributed by atoms with Gasteiger partial charge in [-0.3, -0.25) is 4.79 Å². The van der Waals surface area contributed by atoms with E-state index in [9.17, 15) is 4.79 Å². The molecule has 1 saturated heterocycles. The van der Waals surface area contributed by atoms with E-state index in [1.54, 1.807) is 0 Å². The summed E-state index contributed by atoms with van der Waals surface area (Å²) in [5.41, 5.74) is 6.86. The molecular weight excluding hydrogens is 396 g/mol. The fourth-order valence-corrected chi connectivity index (χ4v) is 4.40. The quantitative estimate of drug-likeness (QED) is 0.501. The lowest BCUT2D eigenvalue weighted by Gasteiger charge is -2.25. The molecule has 4 nitrogen and oxygen atoms in total. The number of aryl methyl sites for hydroxylation is 1. The molecule has 0 bridgehead atoms. The molecule has 2 heterocycles. The molecule has 1 atom stereocenters. The maximum absolute atomic E-state index is 13.1. The minimum atomic E-state index is 0.0271. The van der Waals surface area contributed by atoms with Crippen LogP contribution in [0.5, 0.6) is 0 Å². The van der Waals surface area contributed by atoms with Gasteiger partial charge < -0.3 is 14.6 Å². The van der Waals surface area contributed by atoms with Crippen LogP contribution in [0.1, 0.15) is 81.1 Å². The Balaban J connectivity index is 1.99. The standard InChI is InChI=1S/C28H42N2O2/c1-8-9-10-19(2)16-30-21(4)25(27(31)29-15-22-17-32-18-22)14-26(30)23-11-20(3)12-24(13-23)28(5,6)7/h11-14,19,22H,8-10,15-18H2,1-7H3,(H,29,31). The molecule has 2 aromatic rings. The van der Waals surface area contributed by atoms with Gasteiger partial charge in [-0.15, -0.1) is 0 Å². The van der Waals surface area contributed by atoms with Gasteiger partial charge in [-0.2, -0.15) is 0 Å². The monoisotopic (exact) mass is 438 g/mol. The first-order valence-electron chi connectivity index (χ1n) is 12.3. The Hall–Kier alpha value is -2.07. The number of carbonyl (C=O) groups is 1. The van der Waals surface area contributed by atoms with Crippen molar-refractivity contribution in [2.45, 2.75) is 79.7 Å². The smallest absolute Gasteiger partial charge is 0.253 e. The van der Waals surface area contributed by atoms with Crippen molar-refractivity contribution in [2.24, 2.45) is 11.8 Å². The van der Waals surface area contributed by atoms with Crippen LogP contribution in [0.15, 0.2) is 24.3 Å². The molecule has 0 spiro atoms. The maximum atomic E-state index is 13.1. The van der Waals surface area contributed by atoms with Gasteiger partial charge in [-0.05, 0) is 60.9 Å². The van der Waals surface area contributed by atoms with Crippen LogP contribution in [-0.2, 0) is 16.7 Å². The minimum absolute atomic E-state index is 0.0271. The van der Waals surface area contributed by atoms with Crippen LogP contribution in [-0.4, -0.2) is 30.2 Å². The van der Waals surface area contributed by atoms with Crippen LogP contribution in [0.4, 0.5) is 0 Å². The van der Waals surface area contributed by atoms with Gasteiger partial charge in [0.2, 0.25) is 0 Å². The number of benzene rings is 1. The van der Waals surface area contributed by atoms with Gasteiger partial charge in [0.15, 0.2) is 0 Å². The van der Waals surface area contributed by atoms with Crippen LogP contribution in [0.3, 0.4) is 0 Å². The molecule has 176 valence electrons. The first-order valence-corrected chi connectivity index (χ1v) is 12.3. The van der Waals surface area contributed by atoms with E-state index in [4.69, 9.17) is 4.74 Å². The van der Waals surface area contributed by atoms with Crippen molar-refractivity contribution in [1.29, 1.82) is 0 Å². The van der Waals surface area contributed by atoms with Crippen molar-refractivity contribution in [3.05, 3.63) is 46.6 Å². The summed E-state index contributed by atoms with van der Waals surface area (Å²) in [5, 5.41) is 3.14. The summed E-state index contributed by atoms with van der Waals surface area (Å²) in [4.78, 5) is 13.1. The van der Waals surface area contributed by atoms with Crippen molar-refractivity contribution < 1.29 is 9.53 Å². The average Bonchev–Trinajstić information content (AvgIpc) is 3.00. The highest BCUT2D eigenvalue weighted by atomic mass is 16.5. The van der Waals surface area contributed by atoms with Crippen molar-refractivity contribution in [3.8, 4) is 11.3 Å². The number of nitrogens with zero attached hydrogens (tertiary/aromatic N) is 1. The zero-order valence-electron chi connectivity index (χ0n) is 21.2. The Bertz CT molecular complexity index is 932. The van der Waals surface area contributed by atoms with E-state index in [0.29, 0.717) is 18.4 Å². The molecule has 0 saturated carbocycles. The first-order chi connectivity index (χ1) is 15.1. The van der Waals surface area contributed by atoms with Crippen LogP contribution in [0.25, 0.3) is 11.3 Å². The van der Waals surface area contributed by atoms with Crippen LogP contribution >= 0.6 is 0 Å². The fraction of sp³-hybridized carbons (Fsp3) is 0.607. The van der Waals surface area contributed by atoms with Crippen molar-refractivity contribution in [3.63, 3.8) is 0 Å². The number of ether oxygens (including phenoxy) is 1. The van der Waals surface area contributed by atoms with Gasteiger partial charge in [0, 0.05) is 30.4 Å². The lowest BCUT2D eigenvalue weighted by Crippen LogP contribution is -2.39. The summed E-state index contributed by atoms with van der Waals surface area (Å²) in [6, 6.07) is 8.95. The number of amides is 1. The molecule has 1 aliphatic rings. The van der Waals surface area contributed by atoms with Gasteiger partial charge in [0.25, 0.3) is 5.91 Å². The third-order valence-corrected chi connectivity index (χ3v) is 6.65. The zero-order chi connectivity index (χ0) is 23.5. The summed E-state index contributed by atoms with van der Waals surface area (Å²) in [6.45, 7) is 18.7. The normalized spacial score (nSPS) is 15.5. The SMILES string of the molecule is CCCCC(C)Cn1c(-c2cc(C)cc(C(C)(C)C)c2)cc(C(=O)NCC2COC2)c1C. The lowest BCUT2D eigenvalue weighted by molar-refractivity contribution is -0.0298. The maximum Gasteiger partial charge on any atom is 0.253 e. The third-order valence-electron chi connectivity index (χ3n) is 6.65. The molecule has 1 aromatic heterocycles. The first kappa shape index (κ1) is 24.6. The minimum Gasteiger partial charge on any atom is -0.381 e. The van der Waals surface area contributed by atoms with E-state index < -0.39 is 0 Å². The summed E-state index contributed by atoms with van der Waals surface area (Å²) < 4.78 is 7.63. The molecule has 1 aromatic carbocycles. The van der Waals surface area contributed by atoms with Crippen LogP contribution < -0.4 is 5.32 Å². The lowest BCUT2D eigenvalue weighted by atomic mass is 9.85. The summed E-state index contributed by atoms with van der Waals surface area (Å²) in [5.74, 6) is 1.04. The molecule has 1 aliphatic heterocycles. The van der Waals surface area contributed by atoms with Gasteiger partial charge >= 0.3 is 0 Å². The van der Waals surface area contributed by atoms with E-state index in [2.05, 4.69) is 82.6 Å². The highest BCUT2D eigenvalue weighted by Crippen LogP contribution is 2.32. The largest absolute Gasteiger partial charge is 0.381 e. The highest BCUT2D eigenvalue weighted by molar-refractivity contribution is 5.97. The number of hydrogen-bond donors (Lipinski definition) is 1. The molecule has 1 unspecified atom stereocenters. The number of carbonyl (C=O) groups excluding carboxylic acids is 1. The van der Waals surface area contributed by atoms with Gasteiger partial charge in [-0.1, -0.05) is 59.1 Å². The van der Waals surface area contributed by atoms with Gasteiger partial charge in [0.05, 0.1) is 18.8 Å². The summed E-state index contributed by atoms with van der Waals surface area (Å²) >= 11 is 0. The van der Waals surface area contributed by atoms with Crippen molar-refractivity contribution in [2.75, 3.05) is 19.8 Å². The Morgan fingerprint density at radius 1 is 1.19 bits per heavy atom. The molecule has 1 fully saturated rings. The number of rotatable bonds is 9. The van der Waals surface area contributed by atoms with Gasteiger partial charge in [-0.25, -0.2) is 0 Å². The number of aromatic nitrogens is 1. The van der Waals surface area contributed by atoms with E-state index >= 15 is 0 Å². The van der Waals surface area contributed by atoms with Crippen LogP contribution in [0, 0.1) is 25.7 Å². The Morgan fingerprint density at radius 3 is 2.50 bits per heavy atom. The van der Waals surface area contributed by atoms with E-state index in [0.717, 1.165) is 36.7 Å². The van der Waals surface area contributed by atoms with E-state index in [-0.39, 0.29) is 11.3 Å². The Morgan fingerprint density at radius 2 is 1.91 bits per heavy atom. The highest BCUT2D eigenvalue weighted by Gasteiger charge is 2.24. The fourth-order valence-electron chi connectivity index (χ4n) is 4.40. The average molecular weight is 439 g/mol. The summed E-state index contributed by atoms with van der Waals surface area (Å²) in [6.07, 6.45) is 3.66. The van der Waals surface area contributed by atoms with Crippen molar-refractivity contribution in [1.82, 2.24) is 9.88 Å². The molecule has 0 radical (unpaired) electrons. The van der Waals surface area contributed by atoms with Crippen molar-refractivity contribution >= 4 is 5.91 Å². The second kappa shape index (κ2) is 10.2. The molecule has 1 amide bonds. The molecule has 0 aliphatic carbocycles. The molecular formula is C28H42N2O2. The number of nitrogens with one attached hydrogen (secondary N) is 1. The Labute approximate surface area is 194 Å². The van der Waals surface area contributed by atoms with E-state index in [1.165, 1.54) is 36.0 Å². The zero-order valence-corrected chi connectivity index (χ0v) is 21.2. The molecule has 4 heteroatoms. The molecule has 1 N–H and O–H groups in total. The second-order valence-electron chi connectivity index (χ2n) is 10.8. The van der Waals surface area contributed by atoms with Gasteiger partial charge in [0.1, 0.15) is 0 Å². The molecule has 3 rings (SSSR count). The predicted octanol–water partition coefficient (Wildman–Crippen LogP) is 6.27. The summed E-state index contributed by atoms with van der Waals surface area (Å²) in [7, 11) is 0.